The molecule has 0 aliphatic carbocycles. The van der Waals surface area contributed by atoms with E-state index in [2.05, 4.69) is 15.0 Å². The predicted molar refractivity (Wildman–Crippen MR) is 76.1 cm³/mol. The van der Waals surface area contributed by atoms with Crippen molar-refractivity contribution < 1.29 is 14.1 Å². The maximum atomic E-state index is 12.2. The van der Waals surface area contributed by atoms with Crippen LogP contribution in [0.15, 0.2) is 16.9 Å². The molecule has 0 unspecified atom stereocenters. The van der Waals surface area contributed by atoms with E-state index in [-0.39, 0.29) is 24.4 Å². The lowest BCUT2D eigenvalue weighted by atomic mass is 10.1. The Morgan fingerprint density at radius 3 is 2.75 bits per heavy atom. The second-order valence-corrected chi connectivity index (χ2v) is 4.82. The maximum absolute atomic E-state index is 12.2. The largest absolute Gasteiger partial charge is 0.363 e. The number of hydrogen-bond donors (Lipinski definition) is 1. The van der Waals surface area contributed by atoms with E-state index < -0.39 is 0 Å². The molecule has 0 aliphatic rings. The lowest BCUT2D eigenvalue weighted by Gasteiger charge is -2.28. The van der Waals surface area contributed by atoms with Gasteiger partial charge in [-0.05, 0) is 19.8 Å². The van der Waals surface area contributed by atoms with Crippen molar-refractivity contribution in [3.63, 3.8) is 0 Å². The fourth-order valence-electron chi connectivity index (χ4n) is 1.80. The average Bonchev–Trinajstić information content (AvgIpc) is 2.94. The molecule has 0 saturated heterocycles. The van der Waals surface area contributed by atoms with Crippen LogP contribution < -0.4 is 5.32 Å². The number of unbranched alkanes of at least 4 members (excludes halogenated alkanes) is 1. The van der Waals surface area contributed by atoms with Crippen LogP contribution in [0.1, 0.15) is 46.5 Å². The quantitative estimate of drug-likeness (QED) is 0.794. The SMILES string of the molecule is CCCCC(=O)N(CC(=O)Nc1ccon1)[C@@H](C)CC. The van der Waals surface area contributed by atoms with Gasteiger partial charge < -0.3 is 14.7 Å². The number of carbonyl (C=O) groups is 2. The predicted octanol–water partition coefficient (Wildman–Crippen LogP) is 2.43. The molecule has 1 N–H and O–H groups in total. The number of carbonyl (C=O) groups excluding carboxylic acids is 2. The van der Waals surface area contributed by atoms with Crippen molar-refractivity contribution in [2.24, 2.45) is 0 Å². The molecule has 6 nitrogen and oxygen atoms in total. The third-order valence-electron chi connectivity index (χ3n) is 3.21. The number of nitrogens with zero attached hydrogens (tertiary/aromatic N) is 2. The first-order valence-corrected chi connectivity index (χ1v) is 7.08. The fourth-order valence-corrected chi connectivity index (χ4v) is 1.80. The molecule has 20 heavy (non-hydrogen) atoms. The van der Waals surface area contributed by atoms with Gasteiger partial charge in [0, 0.05) is 18.5 Å². The summed E-state index contributed by atoms with van der Waals surface area (Å²) < 4.78 is 4.64. The Labute approximate surface area is 119 Å². The standard InChI is InChI=1S/C14H23N3O3/c1-4-6-7-14(19)17(11(3)5-2)10-13(18)15-12-8-9-20-16-12/h8-9,11H,4-7,10H2,1-3H3,(H,15,16,18)/t11-/m0/s1. The van der Waals surface area contributed by atoms with Crippen molar-refractivity contribution in [1.29, 1.82) is 0 Å². The topological polar surface area (TPSA) is 75.4 Å². The van der Waals surface area contributed by atoms with E-state index in [1.807, 2.05) is 20.8 Å². The summed E-state index contributed by atoms with van der Waals surface area (Å²) in [5.41, 5.74) is 0. The summed E-state index contributed by atoms with van der Waals surface area (Å²) in [6.45, 7) is 6.04. The smallest absolute Gasteiger partial charge is 0.245 e. The number of amides is 2. The molecule has 1 aromatic rings. The van der Waals surface area contributed by atoms with Crippen LogP contribution in [0, 0.1) is 0 Å². The van der Waals surface area contributed by atoms with Crippen LogP contribution in [-0.4, -0.2) is 34.5 Å². The minimum absolute atomic E-state index is 0.0245. The summed E-state index contributed by atoms with van der Waals surface area (Å²) in [4.78, 5) is 25.7. The zero-order valence-electron chi connectivity index (χ0n) is 12.4. The molecule has 0 fully saturated rings. The molecule has 0 spiro atoms. The van der Waals surface area contributed by atoms with Gasteiger partial charge in [0.05, 0.1) is 0 Å². The number of nitrogens with one attached hydrogen (secondary N) is 1. The molecule has 0 saturated carbocycles. The third kappa shape index (κ3) is 5.03. The molecule has 1 rings (SSSR count). The normalized spacial score (nSPS) is 11.9. The second kappa shape index (κ2) is 8.35. The first-order chi connectivity index (χ1) is 9.58. The number of rotatable bonds is 8. The van der Waals surface area contributed by atoms with E-state index in [1.165, 1.54) is 6.26 Å². The van der Waals surface area contributed by atoms with Gasteiger partial charge in [0.15, 0.2) is 5.82 Å². The van der Waals surface area contributed by atoms with Crippen molar-refractivity contribution in [2.75, 3.05) is 11.9 Å². The molecule has 112 valence electrons. The van der Waals surface area contributed by atoms with Crippen LogP contribution in [0.25, 0.3) is 0 Å². The third-order valence-corrected chi connectivity index (χ3v) is 3.21. The first-order valence-electron chi connectivity index (χ1n) is 7.08. The Morgan fingerprint density at radius 1 is 1.45 bits per heavy atom. The summed E-state index contributed by atoms with van der Waals surface area (Å²) in [5, 5.41) is 6.22. The summed E-state index contributed by atoms with van der Waals surface area (Å²) in [6, 6.07) is 1.60. The Kier molecular flexibility index (Phi) is 6.76. The lowest BCUT2D eigenvalue weighted by Crippen LogP contribution is -2.43. The van der Waals surface area contributed by atoms with Crippen molar-refractivity contribution in [2.45, 2.75) is 52.5 Å². The van der Waals surface area contributed by atoms with Crippen molar-refractivity contribution in [3.8, 4) is 0 Å². The summed E-state index contributed by atoms with van der Waals surface area (Å²) in [5.74, 6) is 0.126. The summed E-state index contributed by atoms with van der Waals surface area (Å²) in [6.07, 6.45) is 4.49. The highest BCUT2D eigenvalue weighted by Crippen LogP contribution is 2.09. The molecule has 0 bridgehead atoms. The Morgan fingerprint density at radius 2 is 2.20 bits per heavy atom. The van der Waals surface area contributed by atoms with E-state index in [0.717, 1.165) is 19.3 Å². The molecular weight excluding hydrogens is 258 g/mol. The number of hydrogen-bond acceptors (Lipinski definition) is 4. The van der Waals surface area contributed by atoms with Gasteiger partial charge in [-0.2, -0.15) is 0 Å². The van der Waals surface area contributed by atoms with Crippen LogP contribution in [0.3, 0.4) is 0 Å². The van der Waals surface area contributed by atoms with E-state index in [9.17, 15) is 9.59 Å². The minimum atomic E-state index is -0.260. The van der Waals surface area contributed by atoms with Gasteiger partial charge >= 0.3 is 0 Å². The molecule has 2 amide bonds. The van der Waals surface area contributed by atoms with Gasteiger partial charge in [0.25, 0.3) is 0 Å². The van der Waals surface area contributed by atoms with Gasteiger partial charge in [0.2, 0.25) is 11.8 Å². The van der Waals surface area contributed by atoms with Crippen LogP contribution in [0.5, 0.6) is 0 Å². The zero-order valence-corrected chi connectivity index (χ0v) is 12.4. The highest BCUT2D eigenvalue weighted by atomic mass is 16.5. The summed E-state index contributed by atoms with van der Waals surface area (Å²) >= 11 is 0. The molecule has 0 aliphatic heterocycles. The van der Waals surface area contributed by atoms with E-state index in [0.29, 0.717) is 12.2 Å². The minimum Gasteiger partial charge on any atom is -0.363 e. The van der Waals surface area contributed by atoms with Crippen LogP contribution >= 0.6 is 0 Å². The highest BCUT2D eigenvalue weighted by Gasteiger charge is 2.21. The Balaban J connectivity index is 2.59. The molecule has 1 heterocycles. The Bertz CT molecular complexity index is 417. The van der Waals surface area contributed by atoms with Gasteiger partial charge in [-0.1, -0.05) is 25.4 Å². The molecule has 0 aromatic carbocycles. The molecule has 1 aromatic heterocycles. The first kappa shape index (κ1) is 16.2. The van der Waals surface area contributed by atoms with Gasteiger partial charge in [-0.15, -0.1) is 0 Å². The van der Waals surface area contributed by atoms with Gasteiger partial charge in [-0.3, -0.25) is 9.59 Å². The van der Waals surface area contributed by atoms with Crippen molar-refractivity contribution >= 4 is 17.6 Å². The molecular formula is C14H23N3O3. The van der Waals surface area contributed by atoms with Gasteiger partial charge in [-0.25, -0.2) is 0 Å². The van der Waals surface area contributed by atoms with Crippen LogP contribution in [0.2, 0.25) is 0 Å². The van der Waals surface area contributed by atoms with Crippen LogP contribution in [0.4, 0.5) is 5.82 Å². The van der Waals surface area contributed by atoms with Gasteiger partial charge in [0.1, 0.15) is 12.8 Å². The van der Waals surface area contributed by atoms with E-state index >= 15 is 0 Å². The highest BCUT2D eigenvalue weighted by molar-refractivity contribution is 5.93. The van der Waals surface area contributed by atoms with E-state index in [1.54, 1.807) is 11.0 Å². The lowest BCUT2D eigenvalue weighted by molar-refractivity contribution is -0.136. The monoisotopic (exact) mass is 281 g/mol. The fraction of sp³-hybridized carbons (Fsp3) is 0.643. The molecule has 1 atom stereocenters. The van der Waals surface area contributed by atoms with Crippen LogP contribution in [-0.2, 0) is 9.59 Å². The van der Waals surface area contributed by atoms with Crippen molar-refractivity contribution in [1.82, 2.24) is 10.1 Å². The van der Waals surface area contributed by atoms with Crippen molar-refractivity contribution in [3.05, 3.63) is 12.3 Å². The number of aromatic nitrogens is 1. The molecule has 6 heteroatoms. The molecule has 0 radical (unpaired) electrons. The summed E-state index contributed by atoms with van der Waals surface area (Å²) in [7, 11) is 0. The van der Waals surface area contributed by atoms with E-state index in [4.69, 9.17) is 0 Å². The average molecular weight is 281 g/mol. The maximum Gasteiger partial charge on any atom is 0.245 e. The Hall–Kier alpha value is -1.85. The number of anilines is 1. The zero-order chi connectivity index (χ0) is 15.0. The second-order valence-electron chi connectivity index (χ2n) is 4.82.